The molecule has 3 rings (SSSR count). The minimum Gasteiger partial charge on any atom is -0.455 e. The van der Waals surface area contributed by atoms with E-state index >= 15 is 0 Å². The molecule has 1 amide bonds. The molecule has 2 fully saturated rings. The number of nitrogens with zero attached hydrogens (tertiary/aromatic N) is 2. The van der Waals surface area contributed by atoms with E-state index in [4.69, 9.17) is 9.15 Å². The quantitative estimate of drug-likeness (QED) is 0.851. The number of carbonyl (C=O) groups excluding carboxylic acids is 1. The lowest BCUT2D eigenvalue weighted by Gasteiger charge is -2.43. The van der Waals surface area contributed by atoms with E-state index in [0.717, 1.165) is 25.4 Å². The molecular formula is C19H30N2O4. The standard InChI is InChI=1S/C19H30N2O4/c1-15-13-21(11-7-19(15,23)8-12-24-2)18(22)17-6-5-16(25-17)14-20-9-3-4-10-20/h5-6,15,23H,3-4,7-14H2,1-2H3. The van der Waals surface area contributed by atoms with Crippen molar-refractivity contribution < 1.29 is 19.1 Å². The van der Waals surface area contributed by atoms with Gasteiger partial charge >= 0.3 is 0 Å². The number of hydrogen-bond donors (Lipinski definition) is 1. The van der Waals surface area contributed by atoms with Gasteiger partial charge in [-0.05, 0) is 50.9 Å². The molecule has 0 aliphatic carbocycles. The van der Waals surface area contributed by atoms with Gasteiger partial charge in [0.2, 0.25) is 0 Å². The number of hydrogen-bond acceptors (Lipinski definition) is 5. The van der Waals surface area contributed by atoms with E-state index in [1.165, 1.54) is 12.8 Å². The SMILES string of the molecule is COCCC1(O)CCN(C(=O)c2ccc(CN3CCCC3)o2)CC1C. The number of aliphatic hydroxyl groups is 1. The molecule has 6 heteroatoms. The first-order valence-electron chi connectivity index (χ1n) is 9.33. The van der Waals surface area contributed by atoms with E-state index in [1.807, 2.05) is 13.0 Å². The Morgan fingerprint density at radius 1 is 1.36 bits per heavy atom. The Morgan fingerprint density at radius 3 is 2.80 bits per heavy atom. The van der Waals surface area contributed by atoms with Crippen molar-refractivity contribution in [3.05, 3.63) is 23.7 Å². The van der Waals surface area contributed by atoms with E-state index in [1.54, 1.807) is 18.1 Å². The zero-order valence-corrected chi connectivity index (χ0v) is 15.4. The molecule has 0 spiro atoms. The van der Waals surface area contributed by atoms with Crippen LogP contribution in [-0.4, -0.2) is 66.3 Å². The van der Waals surface area contributed by atoms with Crippen LogP contribution in [0.5, 0.6) is 0 Å². The van der Waals surface area contributed by atoms with Gasteiger partial charge in [-0.15, -0.1) is 0 Å². The highest BCUT2D eigenvalue weighted by molar-refractivity contribution is 5.91. The normalized spacial score (nSPS) is 27.8. The summed E-state index contributed by atoms with van der Waals surface area (Å²) in [4.78, 5) is 16.9. The summed E-state index contributed by atoms with van der Waals surface area (Å²) in [5, 5.41) is 10.8. The Hall–Kier alpha value is -1.37. The van der Waals surface area contributed by atoms with E-state index in [0.29, 0.717) is 38.3 Å². The average molecular weight is 350 g/mol. The molecule has 3 heterocycles. The molecule has 2 unspecified atom stereocenters. The average Bonchev–Trinajstić information content (AvgIpc) is 3.27. The predicted octanol–water partition coefficient (Wildman–Crippen LogP) is 2.12. The van der Waals surface area contributed by atoms with Gasteiger partial charge in [0.05, 0.1) is 12.1 Å². The van der Waals surface area contributed by atoms with E-state index < -0.39 is 5.60 Å². The lowest BCUT2D eigenvalue weighted by Crippen LogP contribution is -2.52. The zero-order chi connectivity index (χ0) is 17.9. The largest absolute Gasteiger partial charge is 0.455 e. The molecule has 25 heavy (non-hydrogen) atoms. The summed E-state index contributed by atoms with van der Waals surface area (Å²) in [6.07, 6.45) is 3.66. The van der Waals surface area contributed by atoms with E-state index in [2.05, 4.69) is 4.90 Å². The van der Waals surface area contributed by atoms with Crippen LogP contribution in [0.4, 0.5) is 0 Å². The minimum atomic E-state index is -0.753. The summed E-state index contributed by atoms with van der Waals surface area (Å²) < 4.78 is 10.9. The van der Waals surface area contributed by atoms with Crippen LogP contribution in [0.15, 0.2) is 16.5 Å². The van der Waals surface area contributed by atoms with Gasteiger partial charge in [-0.2, -0.15) is 0 Å². The molecule has 2 aliphatic rings. The lowest BCUT2D eigenvalue weighted by molar-refractivity contribution is -0.0753. The highest BCUT2D eigenvalue weighted by atomic mass is 16.5. The van der Waals surface area contributed by atoms with Crippen molar-refractivity contribution in [1.29, 1.82) is 0 Å². The van der Waals surface area contributed by atoms with E-state index in [-0.39, 0.29) is 11.8 Å². The number of furan rings is 1. The van der Waals surface area contributed by atoms with Gasteiger partial charge in [0, 0.05) is 32.7 Å². The van der Waals surface area contributed by atoms with Crippen molar-refractivity contribution in [2.24, 2.45) is 5.92 Å². The highest BCUT2D eigenvalue weighted by Gasteiger charge is 2.40. The third-order valence-electron chi connectivity index (χ3n) is 5.70. The number of methoxy groups -OCH3 is 1. The molecule has 2 aliphatic heterocycles. The zero-order valence-electron chi connectivity index (χ0n) is 15.4. The predicted molar refractivity (Wildman–Crippen MR) is 94.3 cm³/mol. The Morgan fingerprint density at radius 2 is 2.12 bits per heavy atom. The molecule has 0 aromatic carbocycles. The molecule has 0 saturated carbocycles. The number of rotatable bonds is 6. The van der Waals surface area contributed by atoms with E-state index in [9.17, 15) is 9.90 Å². The first-order valence-corrected chi connectivity index (χ1v) is 9.33. The number of ether oxygens (including phenoxy) is 1. The lowest BCUT2D eigenvalue weighted by atomic mass is 9.80. The molecule has 1 aromatic rings. The summed E-state index contributed by atoms with van der Waals surface area (Å²) in [7, 11) is 1.64. The Bertz CT molecular complexity index is 582. The van der Waals surface area contributed by atoms with Crippen LogP contribution in [0.3, 0.4) is 0 Å². The first kappa shape index (κ1) is 18.4. The minimum absolute atomic E-state index is 0.0133. The molecular weight excluding hydrogens is 320 g/mol. The first-order chi connectivity index (χ1) is 12.0. The van der Waals surface area contributed by atoms with Crippen LogP contribution in [-0.2, 0) is 11.3 Å². The van der Waals surface area contributed by atoms with Crippen molar-refractivity contribution in [2.45, 2.75) is 44.8 Å². The van der Waals surface area contributed by atoms with Gasteiger partial charge < -0.3 is 19.2 Å². The number of piperidine rings is 1. The number of likely N-dealkylation sites (tertiary alicyclic amines) is 2. The molecule has 1 aromatic heterocycles. The van der Waals surface area contributed by atoms with Crippen LogP contribution in [0.25, 0.3) is 0 Å². The van der Waals surface area contributed by atoms with Gasteiger partial charge in [-0.3, -0.25) is 9.69 Å². The van der Waals surface area contributed by atoms with Crippen molar-refractivity contribution in [3.63, 3.8) is 0 Å². The topological polar surface area (TPSA) is 66.2 Å². The molecule has 140 valence electrons. The maximum Gasteiger partial charge on any atom is 0.289 e. The monoisotopic (exact) mass is 350 g/mol. The Balaban J connectivity index is 1.57. The van der Waals surface area contributed by atoms with Crippen molar-refractivity contribution in [2.75, 3.05) is 39.9 Å². The molecule has 0 bridgehead atoms. The molecule has 0 radical (unpaired) electrons. The van der Waals surface area contributed by atoms with Crippen LogP contribution < -0.4 is 0 Å². The van der Waals surface area contributed by atoms with Gasteiger partial charge in [0.25, 0.3) is 5.91 Å². The Kier molecular flexibility index (Phi) is 5.81. The molecule has 2 atom stereocenters. The number of amides is 1. The molecule has 2 saturated heterocycles. The van der Waals surface area contributed by atoms with Crippen LogP contribution >= 0.6 is 0 Å². The highest BCUT2D eigenvalue weighted by Crippen LogP contribution is 2.31. The fraction of sp³-hybridized carbons (Fsp3) is 0.737. The van der Waals surface area contributed by atoms with Crippen LogP contribution in [0.1, 0.15) is 48.9 Å². The summed E-state index contributed by atoms with van der Waals surface area (Å²) in [6, 6.07) is 3.69. The summed E-state index contributed by atoms with van der Waals surface area (Å²) in [5.41, 5.74) is -0.753. The third kappa shape index (κ3) is 4.25. The second-order valence-electron chi connectivity index (χ2n) is 7.50. The van der Waals surface area contributed by atoms with Gasteiger partial charge in [0.1, 0.15) is 5.76 Å². The summed E-state index contributed by atoms with van der Waals surface area (Å²) >= 11 is 0. The van der Waals surface area contributed by atoms with Crippen molar-refractivity contribution in [1.82, 2.24) is 9.80 Å². The van der Waals surface area contributed by atoms with Crippen LogP contribution in [0.2, 0.25) is 0 Å². The smallest absolute Gasteiger partial charge is 0.289 e. The summed E-state index contributed by atoms with van der Waals surface area (Å²) in [5.74, 6) is 1.20. The second kappa shape index (κ2) is 7.89. The third-order valence-corrected chi connectivity index (χ3v) is 5.70. The van der Waals surface area contributed by atoms with Gasteiger partial charge in [0.15, 0.2) is 5.76 Å². The van der Waals surface area contributed by atoms with Crippen molar-refractivity contribution in [3.8, 4) is 0 Å². The molecule has 1 N–H and O–H groups in total. The fourth-order valence-corrected chi connectivity index (χ4v) is 3.90. The maximum atomic E-state index is 12.7. The molecule has 6 nitrogen and oxygen atoms in total. The summed E-state index contributed by atoms with van der Waals surface area (Å²) in [6.45, 7) is 6.61. The Labute approximate surface area is 149 Å². The second-order valence-corrected chi connectivity index (χ2v) is 7.50. The number of carbonyl (C=O) groups is 1. The van der Waals surface area contributed by atoms with Gasteiger partial charge in [-0.1, -0.05) is 6.92 Å². The fourth-order valence-electron chi connectivity index (χ4n) is 3.90. The van der Waals surface area contributed by atoms with Gasteiger partial charge in [-0.25, -0.2) is 0 Å². The maximum absolute atomic E-state index is 12.7. The van der Waals surface area contributed by atoms with Crippen molar-refractivity contribution >= 4 is 5.91 Å². The van der Waals surface area contributed by atoms with Crippen LogP contribution in [0, 0.1) is 5.92 Å².